The van der Waals surface area contributed by atoms with E-state index in [9.17, 15) is 13.2 Å². The largest absolute Gasteiger partial charge is 0.347 e. The van der Waals surface area contributed by atoms with Gasteiger partial charge in [-0.2, -0.15) is 0 Å². The zero-order chi connectivity index (χ0) is 15.7. The summed E-state index contributed by atoms with van der Waals surface area (Å²) < 4.78 is 25.3. The Labute approximate surface area is 125 Å². The van der Waals surface area contributed by atoms with E-state index in [2.05, 4.69) is 0 Å². The summed E-state index contributed by atoms with van der Waals surface area (Å²) >= 11 is 5.94. The van der Waals surface area contributed by atoms with Gasteiger partial charge in [0.1, 0.15) is 6.04 Å². The van der Waals surface area contributed by atoms with Crippen LogP contribution in [0.1, 0.15) is 12.5 Å². The summed E-state index contributed by atoms with van der Waals surface area (Å²) in [5.74, 6) is -0.296. The summed E-state index contributed by atoms with van der Waals surface area (Å²) in [6.07, 6.45) is 1.08. The van der Waals surface area contributed by atoms with E-state index in [1.165, 1.54) is 4.90 Å². The van der Waals surface area contributed by atoms with Gasteiger partial charge in [0, 0.05) is 19.1 Å². The predicted octanol–water partition coefficient (Wildman–Crippen LogP) is 1.89. The van der Waals surface area contributed by atoms with Crippen LogP contribution in [0.25, 0.3) is 0 Å². The number of benzene rings is 1. The average Bonchev–Trinajstić information content (AvgIpc) is 2.30. The van der Waals surface area contributed by atoms with Gasteiger partial charge in [-0.1, -0.05) is 17.7 Å². The molecule has 0 aliphatic rings. The molecule has 0 saturated carbocycles. The number of aryl methyl sites for hydroxylation is 1. The van der Waals surface area contributed by atoms with Crippen molar-refractivity contribution in [1.29, 1.82) is 0 Å². The van der Waals surface area contributed by atoms with Gasteiger partial charge in [-0.3, -0.25) is 9.10 Å². The third-order valence-corrected chi connectivity index (χ3v) is 4.38. The average molecular weight is 319 g/mol. The first-order valence-corrected chi connectivity index (χ1v) is 8.25. The van der Waals surface area contributed by atoms with Crippen molar-refractivity contribution in [1.82, 2.24) is 4.90 Å². The number of carbonyl (C=O) groups excluding carboxylic acids is 1. The molecule has 0 aliphatic carbocycles. The van der Waals surface area contributed by atoms with E-state index < -0.39 is 16.1 Å². The van der Waals surface area contributed by atoms with Crippen LogP contribution in [-0.4, -0.2) is 45.6 Å². The molecule has 0 aromatic heterocycles. The molecule has 0 saturated heterocycles. The van der Waals surface area contributed by atoms with Gasteiger partial charge in [0.2, 0.25) is 15.9 Å². The molecule has 7 heteroatoms. The minimum atomic E-state index is -3.61. The number of amides is 1. The number of hydrogen-bond acceptors (Lipinski definition) is 3. The van der Waals surface area contributed by atoms with Crippen LogP contribution >= 0.6 is 11.6 Å². The monoisotopic (exact) mass is 318 g/mol. The Kier molecular flexibility index (Phi) is 5.05. The number of likely N-dealkylation sites (N-methyl/N-ethyl adjacent to an activating group) is 1. The molecule has 0 heterocycles. The van der Waals surface area contributed by atoms with Crippen molar-refractivity contribution in [3.63, 3.8) is 0 Å². The van der Waals surface area contributed by atoms with E-state index >= 15 is 0 Å². The van der Waals surface area contributed by atoms with Crippen LogP contribution in [0.4, 0.5) is 5.69 Å². The normalized spacial score (nSPS) is 12.9. The number of halogens is 1. The second-order valence-electron chi connectivity index (χ2n) is 4.90. The van der Waals surface area contributed by atoms with Gasteiger partial charge in [-0.15, -0.1) is 0 Å². The van der Waals surface area contributed by atoms with Crippen LogP contribution in [-0.2, 0) is 14.8 Å². The van der Waals surface area contributed by atoms with Crippen molar-refractivity contribution >= 4 is 33.2 Å². The summed E-state index contributed by atoms with van der Waals surface area (Å²) in [5.41, 5.74) is 1.15. The van der Waals surface area contributed by atoms with Gasteiger partial charge in [-0.05, 0) is 31.5 Å². The molecule has 1 atom stereocenters. The maximum Gasteiger partial charge on any atom is 0.245 e. The number of anilines is 1. The number of nitrogens with zero attached hydrogens (tertiary/aromatic N) is 2. The molecular weight excluding hydrogens is 300 g/mol. The van der Waals surface area contributed by atoms with E-state index in [0.29, 0.717) is 10.7 Å². The van der Waals surface area contributed by atoms with Gasteiger partial charge in [-0.25, -0.2) is 8.42 Å². The Morgan fingerprint density at radius 1 is 1.30 bits per heavy atom. The lowest BCUT2D eigenvalue weighted by atomic mass is 10.1. The molecular formula is C13H19ClN2O3S. The standard InChI is InChI=1S/C13H19ClN2O3S/c1-9-6-7-11(14)8-12(9)16(20(5,18)19)10(2)13(17)15(3)4/h6-8,10H,1-5H3/t10-/m0/s1. The van der Waals surface area contributed by atoms with Crippen LogP contribution < -0.4 is 4.31 Å². The van der Waals surface area contributed by atoms with E-state index in [1.54, 1.807) is 46.1 Å². The van der Waals surface area contributed by atoms with Gasteiger partial charge in [0.15, 0.2) is 0 Å². The number of hydrogen-bond donors (Lipinski definition) is 0. The summed E-state index contributed by atoms with van der Waals surface area (Å²) in [4.78, 5) is 13.5. The maximum atomic E-state index is 12.1. The topological polar surface area (TPSA) is 57.7 Å². The van der Waals surface area contributed by atoms with E-state index in [-0.39, 0.29) is 5.91 Å². The van der Waals surface area contributed by atoms with E-state index in [4.69, 9.17) is 11.6 Å². The fourth-order valence-electron chi connectivity index (χ4n) is 1.97. The van der Waals surface area contributed by atoms with Crippen molar-refractivity contribution in [3.8, 4) is 0 Å². The van der Waals surface area contributed by atoms with Crippen LogP contribution in [0.5, 0.6) is 0 Å². The predicted molar refractivity (Wildman–Crippen MR) is 81.7 cm³/mol. The number of rotatable bonds is 4. The Morgan fingerprint density at radius 2 is 1.85 bits per heavy atom. The molecule has 0 radical (unpaired) electrons. The van der Waals surface area contributed by atoms with E-state index in [1.807, 2.05) is 0 Å². The lowest BCUT2D eigenvalue weighted by Crippen LogP contribution is -2.47. The van der Waals surface area contributed by atoms with Crippen LogP contribution in [0.15, 0.2) is 18.2 Å². The Bertz CT molecular complexity index is 614. The van der Waals surface area contributed by atoms with Crippen molar-refractivity contribution in [2.24, 2.45) is 0 Å². The molecule has 0 unspecified atom stereocenters. The highest BCUT2D eigenvalue weighted by Gasteiger charge is 2.31. The maximum absolute atomic E-state index is 12.1. The molecule has 1 aromatic carbocycles. The van der Waals surface area contributed by atoms with Crippen LogP contribution in [0, 0.1) is 6.92 Å². The molecule has 5 nitrogen and oxygen atoms in total. The Morgan fingerprint density at radius 3 is 2.30 bits per heavy atom. The minimum absolute atomic E-state index is 0.296. The third kappa shape index (κ3) is 3.64. The minimum Gasteiger partial charge on any atom is -0.347 e. The van der Waals surface area contributed by atoms with Crippen molar-refractivity contribution in [2.45, 2.75) is 19.9 Å². The van der Waals surface area contributed by atoms with Gasteiger partial charge >= 0.3 is 0 Å². The molecule has 1 aromatic rings. The summed E-state index contributed by atoms with van der Waals surface area (Å²) in [6.45, 7) is 3.33. The molecule has 0 spiro atoms. The van der Waals surface area contributed by atoms with Crippen molar-refractivity contribution < 1.29 is 13.2 Å². The van der Waals surface area contributed by atoms with Crippen molar-refractivity contribution in [3.05, 3.63) is 28.8 Å². The first-order valence-electron chi connectivity index (χ1n) is 6.02. The highest BCUT2D eigenvalue weighted by molar-refractivity contribution is 7.92. The quantitative estimate of drug-likeness (QED) is 0.852. The fourth-order valence-corrected chi connectivity index (χ4v) is 3.35. The highest BCUT2D eigenvalue weighted by Crippen LogP contribution is 2.28. The molecule has 0 bridgehead atoms. The summed E-state index contributed by atoms with van der Waals surface area (Å²) in [7, 11) is -0.433. The number of sulfonamides is 1. The molecule has 112 valence electrons. The van der Waals surface area contributed by atoms with Crippen molar-refractivity contribution in [2.75, 3.05) is 24.7 Å². The number of carbonyl (C=O) groups is 1. The second kappa shape index (κ2) is 6.01. The van der Waals surface area contributed by atoms with Gasteiger partial charge < -0.3 is 4.90 Å². The lowest BCUT2D eigenvalue weighted by molar-refractivity contribution is -0.129. The molecule has 0 aliphatic heterocycles. The Balaban J connectivity index is 3.42. The second-order valence-corrected chi connectivity index (χ2v) is 7.19. The van der Waals surface area contributed by atoms with Crippen LogP contribution in [0.2, 0.25) is 5.02 Å². The molecule has 1 rings (SSSR count). The highest BCUT2D eigenvalue weighted by atomic mass is 35.5. The molecule has 0 fully saturated rings. The molecule has 1 amide bonds. The Hall–Kier alpha value is -1.27. The van der Waals surface area contributed by atoms with Gasteiger partial charge in [0.25, 0.3) is 0 Å². The summed E-state index contributed by atoms with van der Waals surface area (Å²) in [6, 6.07) is 4.12. The first-order chi connectivity index (χ1) is 9.05. The first kappa shape index (κ1) is 16.8. The zero-order valence-electron chi connectivity index (χ0n) is 12.2. The molecule has 0 N–H and O–H groups in total. The fraction of sp³-hybridized carbons (Fsp3) is 0.462. The molecule has 20 heavy (non-hydrogen) atoms. The van der Waals surface area contributed by atoms with E-state index in [0.717, 1.165) is 16.1 Å². The smallest absolute Gasteiger partial charge is 0.245 e. The van der Waals surface area contributed by atoms with Crippen LogP contribution in [0.3, 0.4) is 0 Å². The summed E-state index contributed by atoms with van der Waals surface area (Å²) in [5, 5.41) is 0.420. The third-order valence-electron chi connectivity index (χ3n) is 2.92. The van der Waals surface area contributed by atoms with Gasteiger partial charge in [0.05, 0.1) is 11.9 Å². The SMILES string of the molecule is Cc1ccc(Cl)cc1N([C@@H](C)C(=O)N(C)C)S(C)(=O)=O. The lowest BCUT2D eigenvalue weighted by Gasteiger charge is -2.31. The zero-order valence-corrected chi connectivity index (χ0v) is 13.8.